The highest BCUT2D eigenvalue weighted by molar-refractivity contribution is 7.99. The summed E-state index contributed by atoms with van der Waals surface area (Å²) in [6.07, 6.45) is 3.00. The van der Waals surface area contributed by atoms with Gasteiger partial charge in [-0.2, -0.15) is 0 Å². The summed E-state index contributed by atoms with van der Waals surface area (Å²) in [7, 11) is 0. The van der Waals surface area contributed by atoms with E-state index in [1.807, 2.05) is 20.8 Å². The standard InChI is InChI=1S/C10H13FN2S/c1-10(2,3)14-13-7-9-8(11)5-4-6-12-9/h4-7H,1-3H3/b13-7+. The second-order valence-electron chi connectivity index (χ2n) is 3.81. The second kappa shape index (κ2) is 4.55. The number of hydrogen-bond donors (Lipinski definition) is 0. The average molecular weight is 212 g/mol. The van der Waals surface area contributed by atoms with E-state index in [1.165, 1.54) is 24.2 Å². The van der Waals surface area contributed by atoms with E-state index in [2.05, 4.69) is 9.38 Å². The van der Waals surface area contributed by atoms with Crippen LogP contribution < -0.4 is 0 Å². The van der Waals surface area contributed by atoms with Gasteiger partial charge in [-0.3, -0.25) is 4.98 Å². The number of halogens is 1. The SMILES string of the molecule is CC(C)(C)S/N=C/c1ncccc1F. The van der Waals surface area contributed by atoms with Crippen molar-refractivity contribution in [3.05, 3.63) is 29.8 Å². The van der Waals surface area contributed by atoms with Gasteiger partial charge in [0.2, 0.25) is 0 Å². The van der Waals surface area contributed by atoms with Crippen LogP contribution >= 0.6 is 11.9 Å². The van der Waals surface area contributed by atoms with Gasteiger partial charge in [-0.15, -0.1) is 0 Å². The fourth-order valence-corrected chi connectivity index (χ4v) is 1.20. The van der Waals surface area contributed by atoms with Crippen molar-refractivity contribution in [1.82, 2.24) is 4.98 Å². The minimum absolute atomic E-state index is 0.0434. The van der Waals surface area contributed by atoms with Crippen LogP contribution in [0.5, 0.6) is 0 Å². The fraction of sp³-hybridized carbons (Fsp3) is 0.400. The summed E-state index contributed by atoms with van der Waals surface area (Å²) in [5.41, 5.74) is 0.282. The van der Waals surface area contributed by atoms with Crippen molar-refractivity contribution in [2.24, 2.45) is 4.40 Å². The van der Waals surface area contributed by atoms with Crippen molar-refractivity contribution >= 4 is 18.2 Å². The van der Waals surface area contributed by atoms with Crippen molar-refractivity contribution in [2.45, 2.75) is 25.5 Å². The van der Waals surface area contributed by atoms with E-state index in [4.69, 9.17) is 0 Å². The third-order valence-electron chi connectivity index (χ3n) is 1.29. The topological polar surface area (TPSA) is 25.2 Å². The number of nitrogens with zero attached hydrogens (tertiary/aromatic N) is 2. The van der Waals surface area contributed by atoms with Gasteiger partial charge in [-0.1, -0.05) is 0 Å². The van der Waals surface area contributed by atoms with Gasteiger partial charge in [0.1, 0.15) is 11.5 Å². The van der Waals surface area contributed by atoms with Gasteiger partial charge >= 0.3 is 0 Å². The molecule has 0 amide bonds. The van der Waals surface area contributed by atoms with Crippen molar-refractivity contribution in [3.8, 4) is 0 Å². The number of pyridine rings is 1. The van der Waals surface area contributed by atoms with Crippen molar-refractivity contribution < 1.29 is 4.39 Å². The molecule has 1 heterocycles. The molecule has 4 heteroatoms. The zero-order valence-electron chi connectivity index (χ0n) is 8.49. The predicted molar refractivity (Wildman–Crippen MR) is 59.1 cm³/mol. The molecule has 0 aliphatic heterocycles. The maximum atomic E-state index is 13.0. The molecule has 0 aliphatic carbocycles. The molecule has 0 saturated heterocycles. The first-order chi connectivity index (χ1) is 6.49. The first-order valence-corrected chi connectivity index (χ1v) is 5.08. The molecule has 76 valence electrons. The van der Waals surface area contributed by atoms with Gasteiger partial charge < -0.3 is 0 Å². The summed E-state index contributed by atoms with van der Waals surface area (Å²) in [6.45, 7) is 6.14. The Hall–Kier alpha value is -0.900. The molecular weight excluding hydrogens is 199 g/mol. The third-order valence-corrected chi connectivity index (χ3v) is 2.05. The Labute approximate surface area is 87.8 Å². The van der Waals surface area contributed by atoms with Gasteiger partial charge in [0.05, 0.1) is 6.21 Å². The van der Waals surface area contributed by atoms with E-state index >= 15 is 0 Å². The van der Waals surface area contributed by atoms with Crippen LogP contribution in [0.15, 0.2) is 22.7 Å². The largest absolute Gasteiger partial charge is 0.252 e. The number of aromatic nitrogens is 1. The highest BCUT2D eigenvalue weighted by Gasteiger charge is 2.09. The minimum Gasteiger partial charge on any atom is -0.252 e. The second-order valence-corrected chi connectivity index (χ2v) is 5.43. The van der Waals surface area contributed by atoms with Gasteiger partial charge in [-0.05, 0) is 44.9 Å². The molecule has 0 bridgehead atoms. The van der Waals surface area contributed by atoms with Crippen LogP contribution in [0, 0.1) is 5.82 Å². The van der Waals surface area contributed by atoms with Gasteiger partial charge in [-0.25, -0.2) is 8.79 Å². The average Bonchev–Trinajstić information content (AvgIpc) is 2.06. The summed E-state index contributed by atoms with van der Waals surface area (Å²) >= 11 is 1.40. The molecule has 0 aliphatic rings. The quantitative estimate of drug-likeness (QED) is 0.556. The smallest absolute Gasteiger partial charge is 0.150 e. The van der Waals surface area contributed by atoms with Crippen molar-refractivity contribution in [1.29, 1.82) is 0 Å². The lowest BCUT2D eigenvalue weighted by Crippen LogP contribution is -2.05. The molecule has 0 unspecified atom stereocenters. The van der Waals surface area contributed by atoms with E-state index in [9.17, 15) is 4.39 Å². The lowest BCUT2D eigenvalue weighted by atomic mass is 10.3. The van der Waals surface area contributed by atoms with Crippen LogP contribution in [0.25, 0.3) is 0 Å². The summed E-state index contributed by atoms with van der Waals surface area (Å²) in [5, 5.41) is 0. The Morgan fingerprint density at radius 2 is 2.21 bits per heavy atom. The Morgan fingerprint density at radius 1 is 1.50 bits per heavy atom. The molecule has 1 rings (SSSR count). The van der Waals surface area contributed by atoms with Crippen LogP contribution in [-0.4, -0.2) is 15.9 Å². The molecule has 0 radical (unpaired) electrons. The molecule has 0 saturated carbocycles. The van der Waals surface area contributed by atoms with Gasteiger partial charge in [0, 0.05) is 10.9 Å². The van der Waals surface area contributed by atoms with E-state index in [0.717, 1.165) is 0 Å². The Morgan fingerprint density at radius 3 is 2.79 bits per heavy atom. The zero-order chi connectivity index (χ0) is 10.6. The number of hydrogen-bond acceptors (Lipinski definition) is 3. The van der Waals surface area contributed by atoms with Crippen LogP contribution in [0.4, 0.5) is 4.39 Å². The minimum atomic E-state index is -0.342. The van der Waals surface area contributed by atoms with Gasteiger partial charge in [0.15, 0.2) is 0 Å². The van der Waals surface area contributed by atoms with Crippen molar-refractivity contribution in [3.63, 3.8) is 0 Å². The summed E-state index contributed by atoms with van der Waals surface area (Å²) < 4.78 is 17.2. The van der Waals surface area contributed by atoms with Crippen LogP contribution in [0.1, 0.15) is 26.5 Å². The van der Waals surface area contributed by atoms with Crippen molar-refractivity contribution in [2.75, 3.05) is 0 Å². The molecule has 2 nitrogen and oxygen atoms in total. The molecule has 0 atom stereocenters. The molecule has 14 heavy (non-hydrogen) atoms. The zero-order valence-corrected chi connectivity index (χ0v) is 9.31. The van der Waals surface area contributed by atoms with Gasteiger partial charge in [0.25, 0.3) is 0 Å². The van der Waals surface area contributed by atoms with Crippen LogP contribution in [-0.2, 0) is 0 Å². The number of rotatable bonds is 2. The van der Waals surface area contributed by atoms with E-state index in [0.29, 0.717) is 0 Å². The molecule has 0 aromatic carbocycles. The molecular formula is C10H13FN2S. The lowest BCUT2D eigenvalue weighted by molar-refractivity contribution is 0.619. The highest BCUT2D eigenvalue weighted by atomic mass is 32.2. The Bertz CT molecular complexity index is 331. The van der Waals surface area contributed by atoms with E-state index in [1.54, 1.807) is 12.3 Å². The fourth-order valence-electron chi connectivity index (χ4n) is 0.727. The van der Waals surface area contributed by atoms with E-state index in [-0.39, 0.29) is 16.3 Å². The monoisotopic (exact) mass is 212 g/mol. The maximum Gasteiger partial charge on any atom is 0.150 e. The summed E-state index contributed by atoms with van der Waals surface area (Å²) in [6, 6.07) is 2.93. The molecule has 0 N–H and O–H groups in total. The van der Waals surface area contributed by atoms with Crippen LogP contribution in [0.3, 0.4) is 0 Å². The Balaban J connectivity index is 2.65. The summed E-state index contributed by atoms with van der Waals surface area (Å²) in [5.74, 6) is -0.342. The molecule has 0 spiro atoms. The Kier molecular flexibility index (Phi) is 3.63. The van der Waals surface area contributed by atoms with Crippen LogP contribution in [0.2, 0.25) is 0 Å². The first-order valence-electron chi connectivity index (χ1n) is 4.31. The highest BCUT2D eigenvalue weighted by Crippen LogP contribution is 2.23. The molecule has 1 aromatic rings. The van der Waals surface area contributed by atoms with E-state index < -0.39 is 0 Å². The molecule has 1 aromatic heterocycles. The maximum absolute atomic E-state index is 13.0. The summed E-state index contributed by atoms with van der Waals surface area (Å²) in [4.78, 5) is 3.86. The first kappa shape index (κ1) is 11.2. The normalized spacial score (nSPS) is 12.3. The lowest BCUT2D eigenvalue weighted by Gasteiger charge is -2.11. The third kappa shape index (κ3) is 3.87. The predicted octanol–water partition coefficient (Wildman–Crippen LogP) is 3.09. The molecule has 0 fully saturated rings.